The molecule has 1 aromatic heterocycles. The average Bonchev–Trinajstić information content (AvgIpc) is 2.75. The number of carbonyl (C=O) groups excluding carboxylic acids is 1. The number of amides is 1. The number of ether oxygens (including phenoxy) is 3. The van der Waals surface area contributed by atoms with Gasteiger partial charge in [0.25, 0.3) is 5.91 Å². The van der Waals surface area contributed by atoms with E-state index in [1.165, 1.54) is 0 Å². The molecular formula is C26H30N2O4. The van der Waals surface area contributed by atoms with Gasteiger partial charge in [0.2, 0.25) is 0 Å². The van der Waals surface area contributed by atoms with E-state index in [1.807, 2.05) is 77.1 Å². The zero-order valence-electron chi connectivity index (χ0n) is 19.2. The van der Waals surface area contributed by atoms with Gasteiger partial charge in [-0.2, -0.15) is 0 Å². The number of hydrogen-bond acceptors (Lipinski definition) is 5. The predicted molar refractivity (Wildman–Crippen MR) is 126 cm³/mol. The third kappa shape index (κ3) is 6.31. The molecule has 1 N–H and O–H groups in total. The van der Waals surface area contributed by atoms with Crippen LogP contribution in [0, 0.1) is 6.92 Å². The van der Waals surface area contributed by atoms with E-state index in [-0.39, 0.29) is 18.1 Å². The number of aromatic nitrogens is 1. The quantitative estimate of drug-likeness (QED) is 0.427. The largest absolute Gasteiger partial charge is 0.494 e. The molecule has 0 aliphatic rings. The van der Waals surface area contributed by atoms with Crippen molar-refractivity contribution in [3.63, 3.8) is 0 Å². The van der Waals surface area contributed by atoms with Gasteiger partial charge in [-0.1, -0.05) is 6.07 Å². The SMILES string of the molecule is CCOc1cccc(Oc2ccc(NC(=O)c3ccc(C(C)OC(C)C)nc3C)cc2)c1. The van der Waals surface area contributed by atoms with Gasteiger partial charge in [0.05, 0.1) is 35.8 Å². The van der Waals surface area contributed by atoms with E-state index in [2.05, 4.69) is 10.3 Å². The minimum Gasteiger partial charge on any atom is -0.494 e. The van der Waals surface area contributed by atoms with Crippen LogP contribution in [0.1, 0.15) is 55.5 Å². The molecule has 3 rings (SSSR count). The van der Waals surface area contributed by atoms with E-state index in [9.17, 15) is 4.79 Å². The summed E-state index contributed by atoms with van der Waals surface area (Å²) in [5.74, 6) is 1.90. The topological polar surface area (TPSA) is 69.7 Å². The second-order valence-electron chi connectivity index (χ2n) is 7.68. The van der Waals surface area contributed by atoms with E-state index >= 15 is 0 Å². The minimum absolute atomic E-state index is 0.107. The Labute approximate surface area is 189 Å². The summed E-state index contributed by atoms with van der Waals surface area (Å²) in [5.41, 5.74) is 2.67. The molecule has 1 unspecified atom stereocenters. The number of rotatable bonds is 9. The first-order chi connectivity index (χ1) is 15.4. The second-order valence-corrected chi connectivity index (χ2v) is 7.68. The Morgan fingerprint density at radius 1 is 0.969 bits per heavy atom. The molecule has 0 radical (unpaired) electrons. The third-order valence-electron chi connectivity index (χ3n) is 4.71. The molecule has 0 saturated heterocycles. The lowest BCUT2D eigenvalue weighted by Crippen LogP contribution is -2.16. The molecular weight excluding hydrogens is 404 g/mol. The minimum atomic E-state index is -0.211. The van der Waals surface area contributed by atoms with Crippen molar-refractivity contribution in [2.45, 2.75) is 46.8 Å². The van der Waals surface area contributed by atoms with Crippen molar-refractivity contribution in [1.29, 1.82) is 0 Å². The van der Waals surface area contributed by atoms with Crippen LogP contribution in [-0.4, -0.2) is 23.6 Å². The average molecular weight is 435 g/mol. The van der Waals surface area contributed by atoms with Crippen molar-refractivity contribution >= 4 is 11.6 Å². The Morgan fingerprint density at radius 2 is 1.69 bits per heavy atom. The van der Waals surface area contributed by atoms with Crippen LogP contribution in [0.2, 0.25) is 0 Å². The number of carbonyl (C=O) groups is 1. The molecule has 3 aromatic rings. The Morgan fingerprint density at radius 3 is 2.34 bits per heavy atom. The van der Waals surface area contributed by atoms with Crippen molar-refractivity contribution in [2.24, 2.45) is 0 Å². The van der Waals surface area contributed by atoms with E-state index in [0.717, 1.165) is 11.4 Å². The molecule has 0 aliphatic heterocycles. The maximum absolute atomic E-state index is 12.7. The number of nitrogens with one attached hydrogen (secondary N) is 1. The van der Waals surface area contributed by atoms with Crippen LogP contribution < -0.4 is 14.8 Å². The summed E-state index contributed by atoms with van der Waals surface area (Å²) >= 11 is 0. The number of aryl methyl sites for hydroxylation is 1. The highest BCUT2D eigenvalue weighted by molar-refractivity contribution is 6.05. The lowest BCUT2D eigenvalue weighted by Gasteiger charge is -2.17. The maximum atomic E-state index is 12.7. The summed E-state index contributed by atoms with van der Waals surface area (Å²) in [7, 11) is 0. The molecule has 2 aromatic carbocycles. The van der Waals surface area contributed by atoms with E-state index in [0.29, 0.717) is 35.1 Å². The summed E-state index contributed by atoms with van der Waals surface area (Å²) in [4.78, 5) is 17.3. The number of hydrogen-bond donors (Lipinski definition) is 1. The zero-order valence-corrected chi connectivity index (χ0v) is 19.2. The molecule has 0 saturated carbocycles. The van der Waals surface area contributed by atoms with Gasteiger partial charge in [0.15, 0.2) is 0 Å². The first kappa shape index (κ1) is 23.3. The number of benzene rings is 2. The van der Waals surface area contributed by atoms with Crippen LogP contribution in [0.15, 0.2) is 60.7 Å². The van der Waals surface area contributed by atoms with Crippen LogP contribution in [-0.2, 0) is 4.74 Å². The van der Waals surface area contributed by atoms with Gasteiger partial charge >= 0.3 is 0 Å². The summed E-state index contributed by atoms with van der Waals surface area (Å²) in [6.45, 7) is 10.3. The van der Waals surface area contributed by atoms with Crippen molar-refractivity contribution in [3.8, 4) is 17.2 Å². The van der Waals surface area contributed by atoms with Gasteiger partial charge in [-0.15, -0.1) is 0 Å². The van der Waals surface area contributed by atoms with Gasteiger partial charge in [0.1, 0.15) is 17.2 Å². The van der Waals surface area contributed by atoms with Gasteiger partial charge in [-0.25, -0.2) is 0 Å². The van der Waals surface area contributed by atoms with E-state index < -0.39 is 0 Å². The molecule has 0 bridgehead atoms. The summed E-state index contributed by atoms with van der Waals surface area (Å²) in [6.07, 6.45) is -0.0248. The van der Waals surface area contributed by atoms with Gasteiger partial charge in [0, 0.05) is 11.8 Å². The molecule has 0 fully saturated rings. The van der Waals surface area contributed by atoms with Gasteiger partial charge in [-0.3, -0.25) is 9.78 Å². The predicted octanol–water partition coefficient (Wildman–Crippen LogP) is 6.32. The molecule has 1 heterocycles. The maximum Gasteiger partial charge on any atom is 0.257 e. The Bertz CT molecular complexity index is 1050. The smallest absolute Gasteiger partial charge is 0.257 e. The fraction of sp³-hybridized carbons (Fsp3) is 0.308. The summed E-state index contributed by atoms with van der Waals surface area (Å²) < 4.78 is 17.2. The number of anilines is 1. The fourth-order valence-corrected chi connectivity index (χ4v) is 3.26. The van der Waals surface area contributed by atoms with Crippen molar-refractivity contribution in [1.82, 2.24) is 4.98 Å². The second kappa shape index (κ2) is 10.8. The van der Waals surface area contributed by atoms with Crippen molar-refractivity contribution < 1.29 is 19.0 Å². The number of nitrogens with zero attached hydrogens (tertiary/aromatic N) is 1. The standard InChI is InChI=1S/C26H30N2O4/c1-6-30-22-8-7-9-23(16-22)32-21-12-10-20(11-13-21)28-26(29)24-14-15-25(27-18(24)4)19(5)31-17(2)3/h7-17,19H,6H2,1-5H3,(H,28,29). The third-order valence-corrected chi connectivity index (χ3v) is 4.71. The van der Waals surface area contributed by atoms with Gasteiger partial charge in [-0.05, 0) is 83.1 Å². The zero-order chi connectivity index (χ0) is 23.1. The highest BCUT2D eigenvalue weighted by atomic mass is 16.5. The van der Waals surface area contributed by atoms with Crippen molar-refractivity contribution in [3.05, 3.63) is 77.6 Å². The molecule has 0 aliphatic carbocycles. The van der Waals surface area contributed by atoms with E-state index in [1.54, 1.807) is 18.2 Å². The highest BCUT2D eigenvalue weighted by Gasteiger charge is 2.15. The molecule has 32 heavy (non-hydrogen) atoms. The van der Waals surface area contributed by atoms with Crippen LogP contribution in [0.5, 0.6) is 17.2 Å². The van der Waals surface area contributed by atoms with Crippen LogP contribution in [0.3, 0.4) is 0 Å². The lowest BCUT2D eigenvalue weighted by atomic mass is 10.1. The molecule has 1 amide bonds. The van der Waals surface area contributed by atoms with E-state index in [4.69, 9.17) is 14.2 Å². The summed E-state index contributed by atoms with van der Waals surface area (Å²) in [6, 6.07) is 18.3. The van der Waals surface area contributed by atoms with Crippen LogP contribution >= 0.6 is 0 Å². The molecule has 168 valence electrons. The number of pyridine rings is 1. The Hall–Kier alpha value is -3.38. The normalized spacial score (nSPS) is 11.8. The highest BCUT2D eigenvalue weighted by Crippen LogP contribution is 2.26. The first-order valence-corrected chi connectivity index (χ1v) is 10.8. The summed E-state index contributed by atoms with van der Waals surface area (Å²) in [5, 5.41) is 2.91. The fourth-order valence-electron chi connectivity index (χ4n) is 3.26. The van der Waals surface area contributed by atoms with Gasteiger partial charge < -0.3 is 19.5 Å². The first-order valence-electron chi connectivity index (χ1n) is 10.8. The monoisotopic (exact) mass is 434 g/mol. The lowest BCUT2D eigenvalue weighted by molar-refractivity contribution is 0.0154. The molecule has 1 atom stereocenters. The van der Waals surface area contributed by atoms with Crippen LogP contribution in [0.25, 0.3) is 0 Å². The van der Waals surface area contributed by atoms with Crippen molar-refractivity contribution in [2.75, 3.05) is 11.9 Å². The van der Waals surface area contributed by atoms with Crippen LogP contribution in [0.4, 0.5) is 5.69 Å². The molecule has 6 nitrogen and oxygen atoms in total. The molecule has 0 spiro atoms. The molecule has 6 heteroatoms. The Kier molecular flexibility index (Phi) is 7.84. The Balaban J connectivity index is 1.64.